The lowest BCUT2D eigenvalue weighted by Gasteiger charge is -2.14. The van der Waals surface area contributed by atoms with Crippen molar-refractivity contribution in [3.63, 3.8) is 0 Å². The number of methoxy groups -OCH3 is 1. The maximum absolute atomic E-state index is 5.98. The molecule has 2 aromatic heterocycles. The van der Waals surface area contributed by atoms with Crippen LogP contribution in [-0.4, -0.2) is 49.2 Å². The van der Waals surface area contributed by atoms with Gasteiger partial charge in [0.25, 0.3) is 0 Å². The second-order valence-electron chi connectivity index (χ2n) is 6.98. The van der Waals surface area contributed by atoms with Gasteiger partial charge in [0.2, 0.25) is 0 Å². The Morgan fingerprint density at radius 3 is 2.71 bits per heavy atom. The number of aromatic nitrogens is 2. The first kappa shape index (κ1) is 18.3. The molecule has 0 bridgehead atoms. The van der Waals surface area contributed by atoms with Crippen molar-refractivity contribution >= 4 is 27.7 Å². The molecular weight excluding hydrogens is 352 g/mol. The Morgan fingerprint density at radius 1 is 1.07 bits per heavy atom. The Kier molecular flexibility index (Phi) is 5.12. The first-order valence-corrected chi connectivity index (χ1v) is 9.38. The largest absolute Gasteiger partial charge is 0.496 e. The third kappa shape index (κ3) is 3.64. The highest BCUT2D eigenvalue weighted by Gasteiger charge is 2.16. The van der Waals surface area contributed by atoms with Crippen LogP contribution in [0.3, 0.4) is 0 Å². The van der Waals surface area contributed by atoms with Gasteiger partial charge >= 0.3 is 0 Å². The molecule has 2 heterocycles. The van der Waals surface area contributed by atoms with Gasteiger partial charge in [0, 0.05) is 11.9 Å². The van der Waals surface area contributed by atoms with E-state index in [0.29, 0.717) is 11.6 Å². The topological polar surface area (TPSA) is 63.4 Å². The summed E-state index contributed by atoms with van der Waals surface area (Å²) in [5.41, 5.74) is 1.65. The molecule has 0 radical (unpaired) electrons. The zero-order valence-electron chi connectivity index (χ0n) is 16.4. The smallest absolute Gasteiger partial charge is 0.198 e. The van der Waals surface area contributed by atoms with E-state index in [1.54, 1.807) is 7.11 Å². The summed E-state index contributed by atoms with van der Waals surface area (Å²) in [6.45, 7) is 1.81. The number of anilines is 1. The van der Waals surface area contributed by atoms with Gasteiger partial charge in [-0.05, 0) is 51.3 Å². The number of para-hydroxylation sites is 1. The normalized spacial score (nSPS) is 11.4. The van der Waals surface area contributed by atoms with Crippen molar-refractivity contribution in [1.82, 2.24) is 14.9 Å². The molecule has 2 aromatic carbocycles. The van der Waals surface area contributed by atoms with Crippen LogP contribution in [0.4, 0.5) is 5.82 Å². The number of hydrogen-bond donors (Lipinski definition) is 1. The molecule has 6 heteroatoms. The van der Waals surface area contributed by atoms with Gasteiger partial charge in [-0.1, -0.05) is 24.3 Å². The predicted molar refractivity (Wildman–Crippen MR) is 113 cm³/mol. The van der Waals surface area contributed by atoms with Crippen molar-refractivity contribution in [2.75, 3.05) is 39.6 Å². The molecular formula is C22H24N4O2. The molecule has 0 fully saturated rings. The van der Waals surface area contributed by atoms with Crippen LogP contribution in [0.25, 0.3) is 33.5 Å². The van der Waals surface area contributed by atoms with E-state index in [0.717, 1.165) is 52.9 Å². The van der Waals surface area contributed by atoms with Crippen molar-refractivity contribution in [3.8, 4) is 17.3 Å². The Balaban J connectivity index is 1.77. The van der Waals surface area contributed by atoms with Crippen LogP contribution >= 0.6 is 0 Å². The molecule has 0 atom stereocenters. The molecule has 0 spiro atoms. The predicted octanol–water partition coefficient (Wildman–Crippen LogP) is 4.42. The van der Waals surface area contributed by atoms with Crippen LogP contribution in [0, 0.1) is 0 Å². The molecule has 0 aliphatic carbocycles. The third-order valence-corrected chi connectivity index (χ3v) is 4.63. The zero-order valence-corrected chi connectivity index (χ0v) is 16.4. The van der Waals surface area contributed by atoms with Crippen molar-refractivity contribution in [3.05, 3.63) is 48.5 Å². The van der Waals surface area contributed by atoms with Gasteiger partial charge in [0.15, 0.2) is 11.6 Å². The molecule has 4 rings (SSSR count). The van der Waals surface area contributed by atoms with Crippen molar-refractivity contribution in [1.29, 1.82) is 0 Å². The van der Waals surface area contributed by atoms with Crippen LogP contribution in [0.5, 0.6) is 5.75 Å². The summed E-state index contributed by atoms with van der Waals surface area (Å²) in [4.78, 5) is 11.7. The molecule has 0 aliphatic heterocycles. The van der Waals surface area contributed by atoms with Gasteiger partial charge < -0.3 is 19.4 Å². The van der Waals surface area contributed by atoms with Gasteiger partial charge in [-0.3, -0.25) is 0 Å². The van der Waals surface area contributed by atoms with Crippen molar-refractivity contribution in [2.24, 2.45) is 0 Å². The number of hydrogen-bond acceptors (Lipinski definition) is 6. The minimum absolute atomic E-state index is 0.562. The van der Waals surface area contributed by atoms with Crippen LogP contribution < -0.4 is 10.1 Å². The van der Waals surface area contributed by atoms with Crippen LogP contribution in [0.2, 0.25) is 0 Å². The second-order valence-corrected chi connectivity index (χ2v) is 6.98. The molecule has 144 valence electrons. The van der Waals surface area contributed by atoms with E-state index >= 15 is 0 Å². The van der Waals surface area contributed by atoms with Crippen LogP contribution in [0.1, 0.15) is 6.42 Å². The molecule has 28 heavy (non-hydrogen) atoms. The quantitative estimate of drug-likeness (QED) is 0.482. The molecule has 1 N–H and O–H groups in total. The SMILES string of the molecule is COc1cccc2nc(-c3cc4ccccc4o3)nc(NCCCN(C)C)c12. The Bertz CT molecular complexity index is 1070. The molecule has 0 unspecified atom stereocenters. The molecule has 0 amide bonds. The lowest BCUT2D eigenvalue weighted by atomic mass is 10.2. The first-order valence-electron chi connectivity index (χ1n) is 9.38. The van der Waals surface area contributed by atoms with Crippen molar-refractivity contribution in [2.45, 2.75) is 6.42 Å². The zero-order chi connectivity index (χ0) is 19.5. The summed E-state index contributed by atoms with van der Waals surface area (Å²) in [7, 11) is 5.81. The van der Waals surface area contributed by atoms with Crippen LogP contribution in [-0.2, 0) is 0 Å². The fraction of sp³-hybridized carbons (Fsp3) is 0.273. The number of ether oxygens (including phenoxy) is 1. The van der Waals surface area contributed by atoms with E-state index in [9.17, 15) is 0 Å². The Labute approximate surface area is 164 Å². The maximum Gasteiger partial charge on any atom is 0.198 e. The number of furan rings is 1. The average molecular weight is 376 g/mol. The highest BCUT2D eigenvalue weighted by atomic mass is 16.5. The van der Waals surface area contributed by atoms with Gasteiger partial charge in [-0.25, -0.2) is 9.97 Å². The molecule has 4 aromatic rings. The van der Waals surface area contributed by atoms with E-state index in [2.05, 4.69) is 24.3 Å². The van der Waals surface area contributed by atoms with Gasteiger partial charge in [-0.15, -0.1) is 0 Å². The van der Waals surface area contributed by atoms with E-state index in [1.807, 2.05) is 48.5 Å². The Hall–Kier alpha value is -3.12. The van der Waals surface area contributed by atoms with E-state index in [-0.39, 0.29) is 0 Å². The summed E-state index contributed by atoms with van der Waals surface area (Å²) in [5.74, 6) is 2.73. The second kappa shape index (κ2) is 7.86. The lowest BCUT2D eigenvalue weighted by Crippen LogP contribution is -2.17. The fourth-order valence-electron chi connectivity index (χ4n) is 3.25. The minimum atomic E-state index is 0.562. The van der Waals surface area contributed by atoms with Crippen molar-refractivity contribution < 1.29 is 9.15 Å². The standard InChI is InChI=1S/C22H24N4O2/c1-26(2)13-7-12-23-22-20-16(9-6-11-18(20)27-3)24-21(25-22)19-14-15-8-4-5-10-17(15)28-19/h4-6,8-11,14H,7,12-13H2,1-3H3,(H,23,24,25). The van der Waals surface area contributed by atoms with Gasteiger partial charge in [-0.2, -0.15) is 0 Å². The highest BCUT2D eigenvalue weighted by molar-refractivity contribution is 5.96. The lowest BCUT2D eigenvalue weighted by molar-refractivity contribution is 0.405. The monoisotopic (exact) mass is 376 g/mol. The van der Waals surface area contributed by atoms with Gasteiger partial charge in [0.05, 0.1) is 18.0 Å². The summed E-state index contributed by atoms with van der Waals surface area (Å²) < 4.78 is 11.5. The number of nitrogens with zero attached hydrogens (tertiary/aromatic N) is 3. The van der Waals surface area contributed by atoms with Crippen LogP contribution in [0.15, 0.2) is 52.9 Å². The van der Waals surface area contributed by atoms with E-state index in [4.69, 9.17) is 19.1 Å². The summed E-state index contributed by atoms with van der Waals surface area (Å²) in [6.07, 6.45) is 1.01. The van der Waals surface area contributed by atoms with E-state index in [1.165, 1.54) is 0 Å². The minimum Gasteiger partial charge on any atom is -0.496 e. The van der Waals surface area contributed by atoms with E-state index < -0.39 is 0 Å². The number of nitrogens with one attached hydrogen (secondary N) is 1. The Morgan fingerprint density at radius 2 is 1.93 bits per heavy atom. The molecule has 0 aliphatic rings. The molecule has 6 nitrogen and oxygen atoms in total. The third-order valence-electron chi connectivity index (χ3n) is 4.63. The molecule has 0 saturated carbocycles. The number of rotatable bonds is 7. The summed E-state index contributed by atoms with van der Waals surface area (Å²) >= 11 is 0. The maximum atomic E-state index is 5.98. The average Bonchev–Trinajstić information content (AvgIpc) is 3.14. The fourth-order valence-corrected chi connectivity index (χ4v) is 3.25. The highest BCUT2D eigenvalue weighted by Crippen LogP contribution is 2.33. The summed E-state index contributed by atoms with van der Waals surface area (Å²) in [5, 5.41) is 5.38. The summed E-state index contributed by atoms with van der Waals surface area (Å²) in [6, 6.07) is 15.7. The number of benzene rings is 2. The van der Waals surface area contributed by atoms with Gasteiger partial charge in [0.1, 0.15) is 17.2 Å². The first-order chi connectivity index (χ1) is 13.7. The molecule has 0 saturated heterocycles. The number of fused-ring (bicyclic) bond motifs is 2.